The van der Waals surface area contributed by atoms with E-state index in [0.29, 0.717) is 70.4 Å². The Labute approximate surface area is 409 Å². The van der Waals surface area contributed by atoms with Gasteiger partial charge in [-0.3, -0.25) is 29.3 Å². The standard InChI is InChI=1S/C54H78N2O13/c1-37(14-9-7-10-15-39(3)51(65-6)34-47-16-13-17-50(67-47)52(60)53(61)55-30-11-8-12-31-55)32-40(4)48(58)35-49(59)41(5)33-38(2)18-24-44(66-36-57)25-19-42-20-26-45(27-21-42)68-54(62)69-46-28-22-43(23-29-46)56(63)64/h7,9-10,14-15,22-23,28-29,33,36-38,40,42,44-45,47,49-51,59H,8,11-13,16-21,24-27,30-32,34-35H2,1-6H3/b10-7+,14-9+,39-15+,41-33+. The highest BCUT2D eigenvalue weighted by Crippen LogP contribution is 2.32. The van der Waals surface area contributed by atoms with E-state index >= 15 is 0 Å². The summed E-state index contributed by atoms with van der Waals surface area (Å²) in [5, 5.41) is 21.8. The molecule has 4 rings (SSSR count). The van der Waals surface area contributed by atoms with Crippen molar-refractivity contribution in [1.82, 2.24) is 4.90 Å². The molecule has 3 aliphatic rings. The number of Topliss-reactive ketones (excluding diaryl/α,β-unsaturated/α-hetero) is 2. The first-order valence-electron chi connectivity index (χ1n) is 25.2. The molecule has 2 saturated heterocycles. The summed E-state index contributed by atoms with van der Waals surface area (Å²) in [6.45, 7) is 11.7. The average molecular weight is 963 g/mol. The molecule has 8 atom stereocenters. The zero-order chi connectivity index (χ0) is 50.3. The van der Waals surface area contributed by atoms with Crippen molar-refractivity contribution in [2.75, 3.05) is 20.2 Å². The second-order valence-electron chi connectivity index (χ2n) is 19.6. The summed E-state index contributed by atoms with van der Waals surface area (Å²) in [7, 11) is 1.67. The summed E-state index contributed by atoms with van der Waals surface area (Å²) in [6.07, 6.45) is 21.2. The molecule has 2 aliphatic heterocycles. The number of amides is 1. The van der Waals surface area contributed by atoms with Crippen LogP contribution < -0.4 is 4.74 Å². The number of piperidine rings is 1. The number of carbonyl (C=O) groups excluding carboxylic acids is 5. The van der Waals surface area contributed by atoms with E-state index in [1.54, 1.807) is 12.0 Å². The first-order valence-corrected chi connectivity index (χ1v) is 25.2. The lowest BCUT2D eigenvalue weighted by Crippen LogP contribution is -2.46. The molecule has 8 unspecified atom stereocenters. The maximum Gasteiger partial charge on any atom is 0.514 e. The molecule has 0 aromatic heterocycles. The third kappa shape index (κ3) is 20.1. The minimum absolute atomic E-state index is 0.0105. The number of hydrogen-bond donors (Lipinski definition) is 1. The van der Waals surface area contributed by atoms with Gasteiger partial charge in [-0.2, -0.15) is 0 Å². The minimum atomic E-state index is -0.880. The molecule has 1 aromatic rings. The zero-order valence-corrected chi connectivity index (χ0v) is 41.8. The Bertz CT molecular complexity index is 1930. The third-order valence-electron chi connectivity index (χ3n) is 13.9. The fraction of sp³-hybridized carbons (Fsp3) is 0.648. The SMILES string of the molecule is COC(CC1CCCC(C(=O)C(=O)N2CCCCC2)O1)/C(C)=C/C=C/C=C/C(C)CC(C)C(=O)CC(O)/C(C)=C/C(C)CCC(CCC1CCC(OC(=O)Oc2ccc([N+](=O)[O-])cc2)CC1)OC=O. The normalized spacial score (nSPS) is 23.1. The maximum absolute atomic E-state index is 13.2. The van der Waals surface area contributed by atoms with E-state index in [-0.39, 0.29) is 65.8 Å². The van der Waals surface area contributed by atoms with E-state index in [1.807, 2.05) is 51.2 Å². The van der Waals surface area contributed by atoms with E-state index in [4.69, 9.17) is 23.7 Å². The number of aliphatic hydroxyl groups is 1. The summed E-state index contributed by atoms with van der Waals surface area (Å²) in [6, 6.07) is 5.22. The van der Waals surface area contributed by atoms with Crippen molar-refractivity contribution in [2.45, 2.75) is 180 Å². The van der Waals surface area contributed by atoms with Crippen molar-refractivity contribution in [3.63, 3.8) is 0 Å². The van der Waals surface area contributed by atoms with Crippen molar-refractivity contribution < 1.29 is 57.7 Å². The third-order valence-corrected chi connectivity index (χ3v) is 13.9. The molecule has 382 valence electrons. The Balaban J connectivity index is 1.11. The quantitative estimate of drug-likeness (QED) is 0.0128. The number of non-ortho nitro benzene ring substituents is 1. The number of rotatable bonds is 27. The topological polar surface area (TPSA) is 198 Å². The first-order chi connectivity index (χ1) is 33.1. The number of benzene rings is 1. The number of carbonyl (C=O) groups is 5. The van der Waals surface area contributed by atoms with Crippen LogP contribution >= 0.6 is 0 Å². The predicted molar refractivity (Wildman–Crippen MR) is 262 cm³/mol. The summed E-state index contributed by atoms with van der Waals surface area (Å²) >= 11 is 0. The molecular formula is C54H78N2O13. The summed E-state index contributed by atoms with van der Waals surface area (Å²) in [5.74, 6) is -0.245. The van der Waals surface area contributed by atoms with Gasteiger partial charge in [0.15, 0.2) is 0 Å². The fourth-order valence-electron chi connectivity index (χ4n) is 9.62. The molecule has 0 spiro atoms. The van der Waals surface area contributed by atoms with Crippen LogP contribution in [-0.4, -0.2) is 102 Å². The molecule has 0 bridgehead atoms. The summed E-state index contributed by atoms with van der Waals surface area (Å²) in [5.41, 5.74) is 1.66. The van der Waals surface area contributed by atoms with E-state index in [0.717, 1.165) is 68.9 Å². The van der Waals surface area contributed by atoms with Crippen LogP contribution in [0.1, 0.15) is 144 Å². The van der Waals surface area contributed by atoms with Gasteiger partial charge >= 0.3 is 6.16 Å². The molecule has 15 nitrogen and oxygen atoms in total. The number of hydrogen-bond acceptors (Lipinski definition) is 13. The Kier molecular flexibility index (Phi) is 24.5. The molecule has 1 saturated carbocycles. The zero-order valence-electron chi connectivity index (χ0n) is 41.8. The monoisotopic (exact) mass is 963 g/mol. The van der Waals surface area contributed by atoms with Crippen LogP contribution in [0.4, 0.5) is 10.5 Å². The second kappa shape index (κ2) is 29.9. The van der Waals surface area contributed by atoms with Gasteiger partial charge in [0.05, 0.1) is 23.2 Å². The van der Waals surface area contributed by atoms with Gasteiger partial charge in [0.1, 0.15) is 29.8 Å². The molecule has 1 N–H and O–H groups in total. The summed E-state index contributed by atoms with van der Waals surface area (Å²) in [4.78, 5) is 74.6. The lowest BCUT2D eigenvalue weighted by atomic mass is 9.83. The molecule has 2 heterocycles. The van der Waals surface area contributed by atoms with Crippen LogP contribution in [0, 0.1) is 33.8 Å². The smallest absolute Gasteiger partial charge is 0.465 e. The average Bonchev–Trinajstić information content (AvgIpc) is 3.34. The molecule has 1 aliphatic carbocycles. The van der Waals surface area contributed by atoms with Crippen LogP contribution in [0.25, 0.3) is 0 Å². The number of allylic oxidation sites excluding steroid dienone is 6. The molecule has 1 amide bonds. The Morgan fingerprint density at radius 1 is 0.884 bits per heavy atom. The molecule has 15 heteroatoms. The summed E-state index contributed by atoms with van der Waals surface area (Å²) < 4.78 is 28.1. The number of nitro benzene ring substituents is 1. The Morgan fingerprint density at radius 2 is 1.59 bits per heavy atom. The molecular weight excluding hydrogens is 885 g/mol. The van der Waals surface area contributed by atoms with Gasteiger partial charge in [0.25, 0.3) is 18.1 Å². The van der Waals surface area contributed by atoms with Crippen LogP contribution in [0.2, 0.25) is 0 Å². The van der Waals surface area contributed by atoms with Crippen molar-refractivity contribution in [2.24, 2.45) is 23.7 Å². The first kappa shape index (κ1) is 56.6. The maximum atomic E-state index is 13.2. The largest absolute Gasteiger partial charge is 0.514 e. The van der Waals surface area contributed by atoms with Crippen molar-refractivity contribution in [1.29, 1.82) is 0 Å². The molecule has 1 aromatic carbocycles. The van der Waals surface area contributed by atoms with E-state index in [2.05, 4.69) is 19.9 Å². The lowest BCUT2D eigenvalue weighted by Gasteiger charge is -2.33. The molecule has 69 heavy (non-hydrogen) atoms. The lowest BCUT2D eigenvalue weighted by molar-refractivity contribution is -0.384. The van der Waals surface area contributed by atoms with Crippen molar-refractivity contribution in [3.8, 4) is 5.75 Å². The highest BCUT2D eigenvalue weighted by molar-refractivity contribution is 6.37. The van der Waals surface area contributed by atoms with E-state index < -0.39 is 35.0 Å². The van der Waals surface area contributed by atoms with E-state index in [9.17, 15) is 39.2 Å². The van der Waals surface area contributed by atoms with Gasteiger partial charge in [-0.25, -0.2) is 4.79 Å². The van der Waals surface area contributed by atoms with Gasteiger partial charge in [-0.05, 0) is 151 Å². The van der Waals surface area contributed by atoms with Crippen molar-refractivity contribution in [3.05, 3.63) is 82.0 Å². The molecule has 0 radical (unpaired) electrons. The van der Waals surface area contributed by atoms with Gasteiger partial charge in [0, 0.05) is 51.1 Å². The Hall–Kier alpha value is -4.99. The van der Waals surface area contributed by atoms with Gasteiger partial charge in [-0.15, -0.1) is 0 Å². The van der Waals surface area contributed by atoms with E-state index in [1.165, 1.54) is 24.3 Å². The number of aliphatic hydroxyl groups excluding tert-OH is 1. The minimum Gasteiger partial charge on any atom is -0.465 e. The second-order valence-corrected chi connectivity index (χ2v) is 19.6. The fourth-order valence-corrected chi connectivity index (χ4v) is 9.62. The molecule has 3 fully saturated rings. The van der Waals surface area contributed by atoms with Crippen LogP contribution in [0.15, 0.2) is 71.9 Å². The number of ether oxygens (including phenoxy) is 5. The van der Waals surface area contributed by atoms with Gasteiger partial charge < -0.3 is 33.7 Å². The Morgan fingerprint density at radius 3 is 2.26 bits per heavy atom. The van der Waals surface area contributed by atoms with Crippen LogP contribution in [0.5, 0.6) is 5.75 Å². The number of nitrogens with zero attached hydrogens (tertiary/aromatic N) is 2. The van der Waals surface area contributed by atoms with Gasteiger partial charge in [-0.1, -0.05) is 57.2 Å². The predicted octanol–water partition coefficient (Wildman–Crippen LogP) is 10.3. The number of likely N-dealkylation sites (tertiary alicyclic amines) is 1. The highest BCUT2D eigenvalue weighted by atomic mass is 16.7. The van der Waals surface area contributed by atoms with Crippen LogP contribution in [-0.2, 0) is 38.1 Å². The van der Waals surface area contributed by atoms with Crippen molar-refractivity contribution >= 4 is 35.8 Å². The number of ketones is 2. The highest BCUT2D eigenvalue weighted by Gasteiger charge is 2.35. The van der Waals surface area contributed by atoms with Crippen LogP contribution in [0.3, 0.4) is 0 Å². The van der Waals surface area contributed by atoms with Gasteiger partial charge in [0.2, 0.25) is 5.78 Å². The number of nitro groups is 1. The number of methoxy groups -OCH3 is 1.